The number of carbonyl (C=O) groups is 1. The fourth-order valence-electron chi connectivity index (χ4n) is 3.08. The third kappa shape index (κ3) is 3.99. The summed E-state index contributed by atoms with van der Waals surface area (Å²) < 4.78 is 5.00. The van der Waals surface area contributed by atoms with Crippen LogP contribution in [0.2, 0.25) is 0 Å². The highest BCUT2D eigenvalue weighted by Gasteiger charge is 2.26. The molecule has 1 heterocycles. The summed E-state index contributed by atoms with van der Waals surface area (Å²) in [6, 6.07) is 8.00. The maximum Gasteiger partial charge on any atom is 0.341 e. The molecule has 0 unspecified atom stereocenters. The van der Waals surface area contributed by atoms with E-state index in [0.717, 1.165) is 47.6 Å². The van der Waals surface area contributed by atoms with Gasteiger partial charge in [0.1, 0.15) is 5.00 Å². The predicted molar refractivity (Wildman–Crippen MR) is 113 cm³/mol. The molecule has 3 rings (SSSR count). The number of ether oxygens (including phenoxy) is 1. The van der Waals surface area contributed by atoms with Crippen LogP contribution in [-0.4, -0.2) is 32.3 Å². The Morgan fingerprint density at radius 3 is 2.50 bits per heavy atom. The molecule has 0 amide bonds. The molecule has 2 N–H and O–H groups in total. The molecule has 1 aromatic carbocycles. The molecule has 138 valence electrons. The molecule has 0 atom stereocenters. The van der Waals surface area contributed by atoms with Gasteiger partial charge in [0.2, 0.25) is 0 Å². The number of methoxy groups -OCH3 is 1. The molecule has 1 aliphatic carbocycles. The number of esters is 1. The molecular weight excluding hydrogens is 366 g/mol. The topological polar surface area (TPSA) is 53.6 Å². The zero-order valence-corrected chi connectivity index (χ0v) is 16.9. The molecule has 0 saturated heterocycles. The Kier molecular flexibility index (Phi) is 5.78. The van der Waals surface area contributed by atoms with E-state index in [2.05, 4.69) is 10.6 Å². The van der Waals surface area contributed by atoms with E-state index in [-0.39, 0.29) is 5.97 Å². The first-order valence-corrected chi connectivity index (χ1v) is 9.80. The van der Waals surface area contributed by atoms with Crippen LogP contribution in [0.3, 0.4) is 0 Å². The Morgan fingerprint density at radius 2 is 1.85 bits per heavy atom. The third-order valence-electron chi connectivity index (χ3n) is 4.43. The number of thiocarbonyl (C=S) groups is 1. The normalized spacial score (nSPS) is 12.9. The lowest BCUT2D eigenvalue weighted by atomic mass is 9.95. The van der Waals surface area contributed by atoms with Crippen LogP contribution in [0.4, 0.5) is 16.4 Å². The molecule has 0 fully saturated rings. The summed E-state index contributed by atoms with van der Waals surface area (Å²) in [4.78, 5) is 15.6. The number of thiophene rings is 1. The van der Waals surface area contributed by atoms with Gasteiger partial charge in [-0.3, -0.25) is 0 Å². The van der Waals surface area contributed by atoms with Crippen LogP contribution >= 0.6 is 23.6 Å². The lowest BCUT2D eigenvalue weighted by Crippen LogP contribution is -2.20. The number of hydrogen-bond acceptors (Lipinski definition) is 5. The quantitative estimate of drug-likeness (QED) is 0.601. The molecule has 1 aliphatic rings. The first-order valence-electron chi connectivity index (χ1n) is 8.58. The number of nitrogens with one attached hydrogen (secondary N) is 2. The molecule has 2 aromatic rings. The van der Waals surface area contributed by atoms with E-state index in [1.165, 1.54) is 12.0 Å². The summed E-state index contributed by atoms with van der Waals surface area (Å²) in [5.74, 6) is -0.301. The lowest BCUT2D eigenvalue weighted by Gasteiger charge is -2.14. The van der Waals surface area contributed by atoms with Crippen LogP contribution in [0.5, 0.6) is 0 Å². The minimum absolute atomic E-state index is 0.301. The van der Waals surface area contributed by atoms with E-state index >= 15 is 0 Å². The van der Waals surface area contributed by atoms with Gasteiger partial charge in [0, 0.05) is 30.3 Å². The summed E-state index contributed by atoms with van der Waals surface area (Å²) in [5.41, 5.74) is 3.77. The smallest absolute Gasteiger partial charge is 0.341 e. The third-order valence-corrected chi connectivity index (χ3v) is 5.84. The Balaban J connectivity index is 1.76. The number of rotatable bonds is 4. The lowest BCUT2D eigenvalue weighted by molar-refractivity contribution is 0.0601. The molecule has 0 saturated carbocycles. The van der Waals surface area contributed by atoms with Gasteiger partial charge in [-0.2, -0.15) is 0 Å². The number of benzene rings is 1. The van der Waals surface area contributed by atoms with Crippen molar-refractivity contribution in [2.75, 3.05) is 36.7 Å². The van der Waals surface area contributed by atoms with Gasteiger partial charge in [0.15, 0.2) is 5.11 Å². The summed E-state index contributed by atoms with van der Waals surface area (Å²) >= 11 is 7.05. The fraction of sp³-hybridized carbons (Fsp3) is 0.368. The van der Waals surface area contributed by atoms with E-state index in [9.17, 15) is 4.79 Å². The molecule has 5 nitrogen and oxygen atoms in total. The van der Waals surface area contributed by atoms with Gasteiger partial charge in [-0.1, -0.05) is 0 Å². The predicted octanol–water partition coefficient (Wildman–Crippen LogP) is 4.29. The van der Waals surface area contributed by atoms with Crippen LogP contribution < -0.4 is 15.5 Å². The van der Waals surface area contributed by atoms with E-state index in [4.69, 9.17) is 17.0 Å². The van der Waals surface area contributed by atoms with Gasteiger partial charge in [-0.05, 0) is 67.7 Å². The van der Waals surface area contributed by atoms with Crippen molar-refractivity contribution in [3.05, 3.63) is 40.3 Å². The summed E-state index contributed by atoms with van der Waals surface area (Å²) in [7, 11) is 5.42. The zero-order chi connectivity index (χ0) is 18.7. The van der Waals surface area contributed by atoms with Crippen molar-refractivity contribution in [3.8, 4) is 0 Å². The summed E-state index contributed by atoms with van der Waals surface area (Å²) in [5, 5.41) is 7.61. The van der Waals surface area contributed by atoms with Crippen molar-refractivity contribution < 1.29 is 9.53 Å². The number of fused-ring (bicyclic) bond motifs is 1. The first kappa shape index (κ1) is 18.7. The number of anilines is 3. The van der Waals surface area contributed by atoms with Crippen LogP contribution in [0.15, 0.2) is 24.3 Å². The van der Waals surface area contributed by atoms with Crippen LogP contribution in [0.25, 0.3) is 0 Å². The van der Waals surface area contributed by atoms with Crippen molar-refractivity contribution in [1.82, 2.24) is 0 Å². The average Bonchev–Trinajstić information content (AvgIpc) is 2.99. The van der Waals surface area contributed by atoms with Crippen LogP contribution in [0, 0.1) is 0 Å². The average molecular weight is 390 g/mol. The summed E-state index contributed by atoms with van der Waals surface area (Å²) in [6.45, 7) is 0. The Bertz CT molecular complexity index is 813. The van der Waals surface area contributed by atoms with E-state index in [0.29, 0.717) is 10.7 Å². The highest BCUT2D eigenvalue weighted by Crippen LogP contribution is 2.38. The second kappa shape index (κ2) is 8.05. The van der Waals surface area contributed by atoms with Crippen molar-refractivity contribution in [2.24, 2.45) is 0 Å². The van der Waals surface area contributed by atoms with E-state index in [1.807, 2.05) is 43.3 Å². The van der Waals surface area contributed by atoms with E-state index < -0.39 is 0 Å². The second-order valence-corrected chi connectivity index (χ2v) is 7.94. The number of aryl methyl sites for hydroxylation is 1. The Labute approximate surface area is 163 Å². The van der Waals surface area contributed by atoms with Gasteiger partial charge < -0.3 is 20.3 Å². The molecule has 7 heteroatoms. The Hall–Kier alpha value is -2.12. The van der Waals surface area contributed by atoms with Crippen LogP contribution in [0.1, 0.15) is 33.6 Å². The standard InChI is InChI=1S/C19H23N3O2S2/c1-22(2)13-10-8-12(9-11-13)20-19(25)21-17-16(18(23)24-3)14-6-4-5-7-15(14)26-17/h8-11H,4-7H2,1-3H3,(H2,20,21,25). The molecule has 0 spiro atoms. The highest BCUT2D eigenvalue weighted by molar-refractivity contribution is 7.80. The molecular formula is C19H23N3O2S2. The van der Waals surface area contributed by atoms with Crippen molar-refractivity contribution in [3.63, 3.8) is 0 Å². The highest BCUT2D eigenvalue weighted by atomic mass is 32.1. The number of carbonyl (C=O) groups excluding carboxylic acids is 1. The van der Waals surface area contributed by atoms with Gasteiger partial charge in [0.25, 0.3) is 0 Å². The summed E-state index contributed by atoms with van der Waals surface area (Å²) in [6.07, 6.45) is 4.20. The molecule has 0 aliphatic heterocycles. The number of nitrogens with zero attached hydrogens (tertiary/aromatic N) is 1. The van der Waals surface area contributed by atoms with Crippen molar-refractivity contribution >= 4 is 51.0 Å². The fourth-order valence-corrected chi connectivity index (χ4v) is 4.65. The van der Waals surface area contributed by atoms with E-state index in [1.54, 1.807) is 11.3 Å². The molecule has 1 aromatic heterocycles. The number of hydrogen-bond donors (Lipinski definition) is 2. The maximum absolute atomic E-state index is 12.3. The SMILES string of the molecule is COC(=O)c1c(NC(=S)Nc2ccc(N(C)C)cc2)sc2c1CCCC2. The molecule has 26 heavy (non-hydrogen) atoms. The molecule has 0 radical (unpaired) electrons. The Morgan fingerprint density at radius 1 is 1.15 bits per heavy atom. The minimum atomic E-state index is -0.301. The largest absolute Gasteiger partial charge is 0.465 e. The first-order chi connectivity index (χ1) is 12.5. The minimum Gasteiger partial charge on any atom is -0.465 e. The molecule has 0 bridgehead atoms. The van der Waals surface area contributed by atoms with Gasteiger partial charge in [-0.25, -0.2) is 4.79 Å². The van der Waals surface area contributed by atoms with Crippen molar-refractivity contribution in [1.29, 1.82) is 0 Å². The van der Waals surface area contributed by atoms with Crippen molar-refractivity contribution in [2.45, 2.75) is 25.7 Å². The second-order valence-electron chi connectivity index (χ2n) is 6.43. The zero-order valence-electron chi connectivity index (χ0n) is 15.2. The monoisotopic (exact) mass is 389 g/mol. The van der Waals surface area contributed by atoms with Gasteiger partial charge in [0.05, 0.1) is 12.7 Å². The van der Waals surface area contributed by atoms with Crippen LogP contribution in [-0.2, 0) is 17.6 Å². The maximum atomic E-state index is 12.3. The van der Waals surface area contributed by atoms with Gasteiger partial charge in [-0.15, -0.1) is 11.3 Å². The van der Waals surface area contributed by atoms with Gasteiger partial charge >= 0.3 is 5.97 Å².